The van der Waals surface area contributed by atoms with Crippen molar-refractivity contribution in [2.45, 2.75) is 50.5 Å². The molecule has 208 valence electrons. The first kappa shape index (κ1) is 25.7. The van der Waals surface area contributed by atoms with E-state index in [2.05, 4.69) is 33.0 Å². The maximum absolute atomic E-state index is 13.8. The number of aryl methyl sites for hydroxylation is 1. The van der Waals surface area contributed by atoms with Crippen LogP contribution in [0.25, 0.3) is 33.1 Å². The first-order chi connectivity index (χ1) is 20.1. The fourth-order valence-electron chi connectivity index (χ4n) is 6.58. The van der Waals surface area contributed by atoms with Gasteiger partial charge in [-0.1, -0.05) is 25.3 Å². The fourth-order valence-corrected chi connectivity index (χ4v) is 7.19. The average molecular weight is 565 g/mol. The number of thiazole rings is 1. The van der Waals surface area contributed by atoms with Crippen molar-refractivity contribution >= 4 is 39.0 Å². The minimum atomic E-state index is -0.321. The highest BCUT2D eigenvalue weighted by atomic mass is 32.1. The van der Waals surface area contributed by atoms with Crippen LogP contribution in [-0.2, 0) is 13.5 Å². The molecule has 7 rings (SSSR count). The highest BCUT2D eigenvalue weighted by molar-refractivity contribution is 7.07. The van der Waals surface area contributed by atoms with Gasteiger partial charge >= 0.3 is 0 Å². The lowest BCUT2D eigenvalue weighted by molar-refractivity contribution is 0.0936. The van der Waals surface area contributed by atoms with Crippen LogP contribution in [0.3, 0.4) is 0 Å². The van der Waals surface area contributed by atoms with Crippen LogP contribution >= 0.6 is 11.3 Å². The van der Waals surface area contributed by atoms with Crippen molar-refractivity contribution in [1.82, 2.24) is 19.9 Å². The molecule has 1 fully saturated rings. The molecule has 4 aromatic heterocycles. The van der Waals surface area contributed by atoms with E-state index in [9.17, 15) is 9.90 Å². The van der Waals surface area contributed by atoms with Crippen LogP contribution in [0.2, 0.25) is 0 Å². The molecule has 6 aromatic rings. The van der Waals surface area contributed by atoms with Gasteiger partial charge in [0.05, 0.1) is 35.5 Å². The maximum Gasteiger partial charge on any atom is 0.251 e. The summed E-state index contributed by atoms with van der Waals surface area (Å²) < 4.78 is 7.70. The van der Waals surface area contributed by atoms with Crippen LogP contribution in [-0.4, -0.2) is 25.5 Å². The number of nitrogens with zero attached hydrogens (tertiary/aromatic N) is 2. The number of fused-ring (bicyclic) bond motifs is 2. The van der Waals surface area contributed by atoms with Gasteiger partial charge in [-0.15, -0.1) is 11.3 Å². The van der Waals surface area contributed by atoms with Gasteiger partial charge in [0, 0.05) is 58.0 Å². The molecule has 3 N–H and O–H groups in total. The predicted octanol–water partition coefficient (Wildman–Crippen LogP) is 7.84. The summed E-state index contributed by atoms with van der Waals surface area (Å²) in [5.41, 5.74) is 9.85. The molecule has 0 spiro atoms. The van der Waals surface area contributed by atoms with E-state index < -0.39 is 0 Å². The standard InChI is InChI=1S/C33H32N4O3S/c1-37-30-14-21(7-9-25(30)31(20-5-3-2-4-6-20)32(37)22-11-12-40-17-22)33(39)36-28(29-18-41-19-35-29)13-23-16-34-27-10-8-24(38)15-26(23)27/h7-12,14-20,28,34,38H,2-6,13H2,1H3,(H,36,39)/t28-/m0/s1. The summed E-state index contributed by atoms with van der Waals surface area (Å²) in [5.74, 6) is 0.574. The molecular formula is C33H32N4O3S. The summed E-state index contributed by atoms with van der Waals surface area (Å²) in [4.78, 5) is 21.6. The Morgan fingerprint density at radius 1 is 1.17 bits per heavy atom. The van der Waals surface area contributed by atoms with Crippen molar-refractivity contribution in [3.63, 3.8) is 0 Å². The molecule has 4 heterocycles. The largest absolute Gasteiger partial charge is 0.508 e. The number of aromatic amines is 1. The molecule has 41 heavy (non-hydrogen) atoms. The number of aromatic nitrogens is 3. The number of carbonyl (C=O) groups is 1. The molecule has 7 nitrogen and oxygen atoms in total. The van der Waals surface area contributed by atoms with Gasteiger partial charge in [0.25, 0.3) is 5.91 Å². The van der Waals surface area contributed by atoms with Crippen LogP contribution in [0.15, 0.2) is 76.5 Å². The second kappa shape index (κ2) is 10.6. The number of aromatic hydroxyl groups is 1. The number of carbonyl (C=O) groups excluding carboxylic acids is 1. The summed E-state index contributed by atoms with van der Waals surface area (Å²) in [7, 11) is 2.09. The average Bonchev–Trinajstić information content (AvgIpc) is 3.81. The van der Waals surface area contributed by atoms with E-state index >= 15 is 0 Å². The second-order valence-corrected chi connectivity index (χ2v) is 11.8. The highest BCUT2D eigenvalue weighted by Gasteiger charge is 2.27. The smallest absolute Gasteiger partial charge is 0.251 e. The number of hydrogen-bond donors (Lipinski definition) is 3. The van der Waals surface area contributed by atoms with E-state index in [1.165, 1.54) is 60.1 Å². The van der Waals surface area contributed by atoms with Crippen LogP contribution in [0, 0.1) is 0 Å². The number of rotatable bonds is 7. The molecule has 2 aromatic carbocycles. The van der Waals surface area contributed by atoms with Crippen molar-refractivity contribution in [1.29, 1.82) is 0 Å². The van der Waals surface area contributed by atoms with Gasteiger partial charge in [-0.25, -0.2) is 4.98 Å². The third kappa shape index (κ3) is 4.72. The van der Waals surface area contributed by atoms with E-state index in [0.29, 0.717) is 17.9 Å². The minimum Gasteiger partial charge on any atom is -0.508 e. The molecule has 0 saturated heterocycles. The Hall–Kier alpha value is -4.30. The van der Waals surface area contributed by atoms with E-state index in [-0.39, 0.29) is 17.7 Å². The fraction of sp³-hybridized carbons (Fsp3) is 0.273. The summed E-state index contributed by atoms with van der Waals surface area (Å²) in [6.07, 6.45) is 12.2. The minimum absolute atomic E-state index is 0.141. The van der Waals surface area contributed by atoms with E-state index in [1.807, 2.05) is 42.1 Å². The van der Waals surface area contributed by atoms with E-state index in [0.717, 1.165) is 33.2 Å². The SMILES string of the molecule is Cn1c(-c2ccoc2)c(C2CCCCC2)c2ccc(C(=O)N[C@@H](Cc3c[nH]c4ccc(O)cc34)c3cscn3)cc21. The first-order valence-corrected chi connectivity index (χ1v) is 15.1. The topological polar surface area (TPSA) is 96.1 Å². The molecule has 1 atom stereocenters. The molecule has 0 aliphatic heterocycles. The van der Waals surface area contributed by atoms with Gasteiger partial charge in [-0.3, -0.25) is 4.79 Å². The Labute approximate surface area is 241 Å². The van der Waals surface area contributed by atoms with Crippen molar-refractivity contribution in [2.24, 2.45) is 7.05 Å². The van der Waals surface area contributed by atoms with Crippen molar-refractivity contribution < 1.29 is 14.3 Å². The van der Waals surface area contributed by atoms with Gasteiger partial charge in [0.15, 0.2) is 0 Å². The number of H-pyrrole nitrogens is 1. The Kier molecular flexibility index (Phi) is 6.63. The number of hydrogen-bond acceptors (Lipinski definition) is 5. The summed E-state index contributed by atoms with van der Waals surface area (Å²) in [6, 6.07) is 13.1. The summed E-state index contributed by atoms with van der Waals surface area (Å²) in [6.45, 7) is 0. The van der Waals surface area contributed by atoms with Gasteiger partial charge in [-0.2, -0.15) is 0 Å². The van der Waals surface area contributed by atoms with Crippen LogP contribution in [0.4, 0.5) is 0 Å². The predicted molar refractivity (Wildman–Crippen MR) is 162 cm³/mol. The number of phenols is 1. The van der Waals surface area contributed by atoms with Crippen molar-refractivity contribution in [3.05, 3.63) is 94.5 Å². The Morgan fingerprint density at radius 3 is 2.83 bits per heavy atom. The van der Waals surface area contributed by atoms with Crippen LogP contribution < -0.4 is 5.32 Å². The van der Waals surface area contributed by atoms with Gasteiger partial charge in [0.2, 0.25) is 0 Å². The monoisotopic (exact) mass is 564 g/mol. The van der Waals surface area contributed by atoms with E-state index in [1.54, 1.807) is 23.9 Å². The zero-order valence-corrected chi connectivity index (χ0v) is 23.7. The summed E-state index contributed by atoms with van der Waals surface area (Å²) in [5, 5.41) is 17.4. The molecule has 1 aliphatic carbocycles. The van der Waals surface area contributed by atoms with Gasteiger partial charge in [0.1, 0.15) is 5.75 Å². The number of furan rings is 1. The maximum atomic E-state index is 13.8. The molecule has 1 amide bonds. The van der Waals surface area contributed by atoms with Crippen molar-refractivity contribution in [2.75, 3.05) is 0 Å². The number of benzene rings is 2. The lowest BCUT2D eigenvalue weighted by Crippen LogP contribution is -2.30. The van der Waals surface area contributed by atoms with Crippen molar-refractivity contribution in [3.8, 4) is 17.0 Å². The molecule has 0 bridgehead atoms. The lowest BCUT2D eigenvalue weighted by atomic mass is 9.82. The quantitative estimate of drug-likeness (QED) is 0.184. The Balaban J connectivity index is 1.24. The lowest BCUT2D eigenvalue weighted by Gasteiger charge is -2.23. The molecule has 1 saturated carbocycles. The van der Waals surface area contributed by atoms with Gasteiger partial charge in [-0.05, 0) is 66.3 Å². The Bertz CT molecular complexity index is 1830. The van der Waals surface area contributed by atoms with Gasteiger partial charge < -0.3 is 24.4 Å². The third-order valence-electron chi connectivity index (χ3n) is 8.60. The number of phenolic OH excluding ortho intramolecular Hbond substituents is 1. The zero-order valence-electron chi connectivity index (χ0n) is 22.9. The molecular weight excluding hydrogens is 532 g/mol. The van der Waals surface area contributed by atoms with Crippen LogP contribution in [0.1, 0.15) is 71.2 Å². The van der Waals surface area contributed by atoms with E-state index in [4.69, 9.17) is 4.42 Å². The molecule has 0 unspecified atom stereocenters. The molecule has 8 heteroatoms. The zero-order chi connectivity index (χ0) is 27.9. The molecule has 1 aliphatic rings. The second-order valence-electron chi connectivity index (χ2n) is 11.1. The van der Waals surface area contributed by atoms with Crippen LogP contribution in [0.5, 0.6) is 5.75 Å². The normalized spacial score (nSPS) is 15.0. The summed E-state index contributed by atoms with van der Waals surface area (Å²) >= 11 is 1.51. The third-order valence-corrected chi connectivity index (χ3v) is 9.20. The molecule has 0 radical (unpaired) electrons. The highest BCUT2D eigenvalue weighted by Crippen LogP contribution is 2.44. The first-order valence-electron chi connectivity index (χ1n) is 14.2. The number of nitrogens with one attached hydrogen (secondary N) is 2. The number of amides is 1. The Morgan fingerprint density at radius 2 is 2.05 bits per heavy atom.